The van der Waals surface area contributed by atoms with E-state index in [-0.39, 0.29) is 5.41 Å². The molecule has 0 atom stereocenters. The summed E-state index contributed by atoms with van der Waals surface area (Å²) in [7, 11) is 0. The minimum Gasteiger partial charge on any atom is -0.396 e. The maximum absolute atomic E-state index is 8.74. The van der Waals surface area contributed by atoms with Crippen LogP contribution in [-0.4, -0.2) is 24.8 Å². The maximum atomic E-state index is 8.74. The van der Waals surface area contributed by atoms with E-state index in [1.807, 2.05) is 0 Å². The molecule has 0 aliphatic carbocycles. The van der Waals surface area contributed by atoms with Crippen LogP contribution in [0.15, 0.2) is 12.2 Å². The predicted molar refractivity (Wildman–Crippen MR) is 62.4 cm³/mol. The molecule has 2 nitrogen and oxygen atoms in total. The van der Waals surface area contributed by atoms with Crippen molar-refractivity contribution in [3.8, 4) is 0 Å². The summed E-state index contributed by atoms with van der Waals surface area (Å²) in [5.74, 6) is 0. The normalized spacial score (nSPS) is 11.7. The lowest BCUT2D eigenvalue weighted by molar-refractivity contribution is 0.237. The van der Waals surface area contributed by atoms with E-state index < -0.39 is 0 Å². The number of nitrogens with one attached hydrogen (secondary N) is 1. The fourth-order valence-electron chi connectivity index (χ4n) is 1.37. The Morgan fingerprint density at radius 1 is 1.43 bits per heavy atom. The van der Waals surface area contributed by atoms with Crippen LogP contribution < -0.4 is 5.32 Å². The SMILES string of the molecule is C=C(C)CCNCC(C)(C)CCCO. The molecule has 0 aromatic heterocycles. The second-order valence-corrected chi connectivity index (χ2v) is 4.88. The van der Waals surface area contributed by atoms with Crippen LogP contribution in [0.2, 0.25) is 0 Å². The summed E-state index contributed by atoms with van der Waals surface area (Å²) in [5.41, 5.74) is 1.52. The molecular formula is C12H25NO. The molecule has 0 radical (unpaired) electrons. The Hall–Kier alpha value is -0.340. The molecule has 0 aliphatic heterocycles. The van der Waals surface area contributed by atoms with Gasteiger partial charge in [0.05, 0.1) is 0 Å². The number of rotatable bonds is 8. The number of aliphatic hydroxyl groups is 1. The molecule has 84 valence electrons. The average molecular weight is 199 g/mol. The number of aliphatic hydroxyl groups excluding tert-OH is 1. The zero-order chi connectivity index (χ0) is 11.0. The highest BCUT2D eigenvalue weighted by molar-refractivity contribution is 4.88. The quantitative estimate of drug-likeness (QED) is 0.464. The zero-order valence-electron chi connectivity index (χ0n) is 9.90. The van der Waals surface area contributed by atoms with Crippen LogP contribution in [0.5, 0.6) is 0 Å². The summed E-state index contributed by atoms with van der Waals surface area (Å²) in [6.45, 7) is 12.7. The molecule has 2 N–H and O–H groups in total. The van der Waals surface area contributed by atoms with Crippen molar-refractivity contribution in [1.29, 1.82) is 0 Å². The van der Waals surface area contributed by atoms with Gasteiger partial charge in [0.1, 0.15) is 0 Å². The molecule has 0 aromatic carbocycles. The molecule has 0 saturated carbocycles. The first kappa shape index (κ1) is 13.7. The van der Waals surface area contributed by atoms with Crippen LogP contribution in [0, 0.1) is 5.41 Å². The van der Waals surface area contributed by atoms with Crippen molar-refractivity contribution in [2.24, 2.45) is 5.41 Å². The van der Waals surface area contributed by atoms with Gasteiger partial charge in [0.2, 0.25) is 0 Å². The van der Waals surface area contributed by atoms with Crippen LogP contribution in [0.25, 0.3) is 0 Å². The molecule has 0 saturated heterocycles. The topological polar surface area (TPSA) is 32.3 Å². The van der Waals surface area contributed by atoms with Gasteiger partial charge in [0, 0.05) is 13.2 Å². The Morgan fingerprint density at radius 3 is 2.57 bits per heavy atom. The lowest BCUT2D eigenvalue weighted by Gasteiger charge is -2.24. The third-order valence-electron chi connectivity index (χ3n) is 2.34. The van der Waals surface area contributed by atoms with E-state index in [2.05, 4.69) is 32.7 Å². The van der Waals surface area contributed by atoms with Crippen molar-refractivity contribution in [3.63, 3.8) is 0 Å². The van der Waals surface area contributed by atoms with Crippen molar-refractivity contribution in [1.82, 2.24) is 5.32 Å². The lowest BCUT2D eigenvalue weighted by Crippen LogP contribution is -2.30. The van der Waals surface area contributed by atoms with Gasteiger partial charge in [0.25, 0.3) is 0 Å². The fraction of sp³-hybridized carbons (Fsp3) is 0.833. The van der Waals surface area contributed by atoms with Gasteiger partial charge in [-0.2, -0.15) is 0 Å². The van der Waals surface area contributed by atoms with E-state index in [0.29, 0.717) is 6.61 Å². The minimum absolute atomic E-state index is 0.289. The van der Waals surface area contributed by atoms with Gasteiger partial charge in [-0.1, -0.05) is 19.4 Å². The van der Waals surface area contributed by atoms with Gasteiger partial charge in [-0.25, -0.2) is 0 Å². The van der Waals surface area contributed by atoms with E-state index in [1.165, 1.54) is 5.57 Å². The van der Waals surface area contributed by atoms with E-state index in [1.54, 1.807) is 0 Å². The Morgan fingerprint density at radius 2 is 2.07 bits per heavy atom. The standard InChI is InChI=1S/C12H25NO/c1-11(2)6-8-13-10-12(3,4)7-5-9-14/h13-14H,1,5-10H2,2-4H3. The Balaban J connectivity index is 3.49. The van der Waals surface area contributed by atoms with E-state index >= 15 is 0 Å². The molecule has 0 heterocycles. The molecule has 0 spiro atoms. The van der Waals surface area contributed by atoms with Crippen molar-refractivity contribution >= 4 is 0 Å². The smallest absolute Gasteiger partial charge is 0.0431 e. The number of hydrogen-bond donors (Lipinski definition) is 2. The van der Waals surface area contributed by atoms with Crippen molar-refractivity contribution < 1.29 is 5.11 Å². The lowest BCUT2D eigenvalue weighted by atomic mass is 9.88. The third kappa shape index (κ3) is 8.27. The van der Waals surface area contributed by atoms with Gasteiger partial charge >= 0.3 is 0 Å². The molecule has 0 amide bonds. The summed E-state index contributed by atoms with van der Waals surface area (Å²) in [6, 6.07) is 0. The average Bonchev–Trinajstić information content (AvgIpc) is 2.09. The highest BCUT2D eigenvalue weighted by Crippen LogP contribution is 2.20. The zero-order valence-corrected chi connectivity index (χ0v) is 9.90. The highest BCUT2D eigenvalue weighted by atomic mass is 16.2. The van der Waals surface area contributed by atoms with Gasteiger partial charge in [-0.05, 0) is 38.1 Å². The predicted octanol–water partition coefficient (Wildman–Crippen LogP) is 2.34. The van der Waals surface area contributed by atoms with Gasteiger partial charge in [0.15, 0.2) is 0 Å². The first-order chi connectivity index (χ1) is 6.48. The molecule has 0 rings (SSSR count). The van der Waals surface area contributed by atoms with E-state index in [9.17, 15) is 0 Å². The Bertz CT molecular complexity index is 164. The molecular weight excluding hydrogens is 174 g/mol. The van der Waals surface area contributed by atoms with Crippen molar-refractivity contribution in [2.75, 3.05) is 19.7 Å². The molecule has 2 heteroatoms. The minimum atomic E-state index is 0.289. The van der Waals surface area contributed by atoms with Crippen LogP contribution >= 0.6 is 0 Å². The van der Waals surface area contributed by atoms with E-state index in [4.69, 9.17) is 5.11 Å². The van der Waals surface area contributed by atoms with Crippen LogP contribution in [0.1, 0.15) is 40.0 Å². The Kier molecular flexibility index (Phi) is 6.85. The monoisotopic (exact) mass is 199 g/mol. The van der Waals surface area contributed by atoms with E-state index in [0.717, 1.165) is 32.4 Å². The summed E-state index contributed by atoms with van der Waals surface area (Å²) in [6.07, 6.45) is 3.02. The third-order valence-corrected chi connectivity index (χ3v) is 2.34. The molecule has 0 aromatic rings. The molecule has 0 aliphatic rings. The van der Waals surface area contributed by atoms with Crippen molar-refractivity contribution in [2.45, 2.75) is 40.0 Å². The van der Waals surface area contributed by atoms with Crippen LogP contribution in [0.3, 0.4) is 0 Å². The second-order valence-electron chi connectivity index (χ2n) is 4.88. The highest BCUT2D eigenvalue weighted by Gasteiger charge is 2.15. The molecule has 0 bridgehead atoms. The summed E-state index contributed by atoms with van der Waals surface area (Å²) in [4.78, 5) is 0. The summed E-state index contributed by atoms with van der Waals surface area (Å²) < 4.78 is 0. The second kappa shape index (κ2) is 7.02. The molecule has 14 heavy (non-hydrogen) atoms. The molecule has 0 fully saturated rings. The molecule has 0 unspecified atom stereocenters. The Labute approximate surface area is 88.4 Å². The largest absolute Gasteiger partial charge is 0.396 e. The van der Waals surface area contributed by atoms with Gasteiger partial charge in [-0.15, -0.1) is 6.58 Å². The number of hydrogen-bond acceptors (Lipinski definition) is 2. The fourth-order valence-corrected chi connectivity index (χ4v) is 1.37. The van der Waals surface area contributed by atoms with Gasteiger partial charge < -0.3 is 10.4 Å². The van der Waals surface area contributed by atoms with Crippen LogP contribution in [0.4, 0.5) is 0 Å². The maximum Gasteiger partial charge on any atom is 0.0431 e. The first-order valence-electron chi connectivity index (χ1n) is 5.44. The van der Waals surface area contributed by atoms with Crippen LogP contribution in [-0.2, 0) is 0 Å². The summed E-state index contributed by atoms with van der Waals surface area (Å²) >= 11 is 0. The van der Waals surface area contributed by atoms with Gasteiger partial charge in [-0.3, -0.25) is 0 Å². The summed E-state index contributed by atoms with van der Waals surface area (Å²) in [5, 5.41) is 12.2. The first-order valence-corrected chi connectivity index (χ1v) is 5.44. The van der Waals surface area contributed by atoms with Crippen molar-refractivity contribution in [3.05, 3.63) is 12.2 Å².